The second-order valence-corrected chi connectivity index (χ2v) is 11.3. The quantitative estimate of drug-likeness (QED) is 0.342. The van der Waals surface area contributed by atoms with Gasteiger partial charge in [-0.05, 0) is 31.1 Å². The Kier molecular flexibility index (Phi) is 5.18. The fourth-order valence-corrected chi connectivity index (χ4v) is 6.61. The van der Waals surface area contributed by atoms with Crippen LogP contribution in [0, 0.1) is 10.1 Å². The minimum Gasteiger partial charge on any atom is -0.753 e. The van der Waals surface area contributed by atoms with E-state index in [0.29, 0.717) is 58.5 Å². The molecule has 4 aliphatic rings. The lowest BCUT2D eigenvalue weighted by Gasteiger charge is -2.41. The second-order valence-electron chi connectivity index (χ2n) is 11.3. The summed E-state index contributed by atoms with van der Waals surface area (Å²) in [5.41, 5.74) is 4.20. The van der Waals surface area contributed by atoms with E-state index >= 15 is 0 Å². The highest BCUT2D eigenvalue weighted by Gasteiger charge is 2.47. The van der Waals surface area contributed by atoms with Gasteiger partial charge in [-0.1, -0.05) is 36.4 Å². The number of benzene rings is 2. The lowest BCUT2D eigenvalue weighted by atomic mass is 9.96. The van der Waals surface area contributed by atoms with Crippen molar-refractivity contribution in [3.05, 3.63) is 92.6 Å². The summed E-state index contributed by atoms with van der Waals surface area (Å²) in [6, 6.07) is 15.5. The van der Waals surface area contributed by atoms with E-state index in [1.54, 1.807) is 22.0 Å². The van der Waals surface area contributed by atoms with E-state index in [-0.39, 0.29) is 34.6 Å². The van der Waals surface area contributed by atoms with Crippen LogP contribution in [0.3, 0.4) is 0 Å². The first-order valence-corrected chi connectivity index (χ1v) is 14.2. The van der Waals surface area contributed by atoms with Gasteiger partial charge >= 0.3 is 17.3 Å². The Morgan fingerprint density at radius 1 is 0.738 bits per heavy atom. The van der Waals surface area contributed by atoms with Crippen LogP contribution < -0.4 is 0 Å². The molecule has 0 spiro atoms. The molecule has 0 N–H and O–H groups in total. The van der Waals surface area contributed by atoms with E-state index in [1.807, 2.05) is 71.8 Å². The van der Waals surface area contributed by atoms with Crippen LogP contribution in [-0.2, 0) is 23.7 Å². The van der Waals surface area contributed by atoms with Crippen molar-refractivity contribution in [2.75, 3.05) is 26.2 Å². The van der Waals surface area contributed by atoms with Gasteiger partial charge in [-0.15, -0.1) is 0 Å². The molecule has 2 aromatic carbocycles. The van der Waals surface area contributed by atoms with Gasteiger partial charge in [-0.25, -0.2) is 0 Å². The summed E-state index contributed by atoms with van der Waals surface area (Å²) in [5, 5.41) is 16.9. The Morgan fingerprint density at radius 3 is 1.83 bits per heavy atom. The normalized spacial score (nSPS) is 19.8. The van der Waals surface area contributed by atoms with Crippen LogP contribution in [0.5, 0.6) is 0 Å². The van der Waals surface area contributed by atoms with Gasteiger partial charge in [0.1, 0.15) is 11.4 Å². The minimum atomic E-state index is -0.370. The largest absolute Gasteiger partial charge is 0.753 e. The average molecular weight is 561 g/mol. The molecule has 6 heterocycles. The number of likely N-dealkylation sites (tertiary alicyclic amines) is 2. The predicted molar refractivity (Wildman–Crippen MR) is 160 cm³/mol. The van der Waals surface area contributed by atoms with E-state index in [4.69, 9.17) is 0 Å². The van der Waals surface area contributed by atoms with Gasteiger partial charge in [-0.2, -0.15) is 0 Å². The van der Waals surface area contributed by atoms with E-state index in [9.17, 15) is 19.7 Å². The van der Waals surface area contributed by atoms with Crippen LogP contribution in [0.2, 0.25) is 0 Å². The maximum absolute atomic E-state index is 14.5. The highest BCUT2D eigenvalue weighted by atomic mass is 16.5. The number of fused-ring (bicyclic) bond motifs is 6. The lowest BCUT2D eigenvalue weighted by Crippen LogP contribution is -2.46. The number of carbonyl (C=O) groups is 2. The van der Waals surface area contributed by atoms with Crippen molar-refractivity contribution in [2.24, 2.45) is 14.1 Å². The molecule has 2 aromatic heterocycles. The first-order chi connectivity index (χ1) is 20.4. The summed E-state index contributed by atoms with van der Waals surface area (Å²) in [4.78, 5) is 45.1. The summed E-state index contributed by atoms with van der Waals surface area (Å²) in [5.74, 6) is -0.739. The van der Waals surface area contributed by atoms with E-state index in [0.717, 1.165) is 34.6 Å². The van der Waals surface area contributed by atoms with Crippen molar-refractivity contribution in [1.29, 1.82) is 0 Å². The van der Waals surface area contributed by atoms with E-state index in [1.165, 1.54) is 0 Å². The predicted octanol–water partition coefficient (Wildman–Crippen LogP) is 4.25. The van der Waals surface area contributed by atoms with E-state index in [2.05, 4.69) is 0 Å². The van der Waals surface area contributed by atoms with Gasteiger partial charge < -0.3 is 29.2 Å². The summed E-state index contributed by atoms with van der Waals surface area (Å²) >= 11 is 0. The Bertz CT molecular complexity index is 2000. The monoisotopic (exact) mass is 560 g/mol. The first-order valence-electron chi connectivity index (χ1n) is 14.2. The van der Waals surface area contributed by atoms with Crippen LogP contribution in [0.15, 0.2) is 59.9 Å². The van der Waals surface area contributed by atoms with Crippen molar-refractivity contribution in [1.82, 2.24) is 24.0 Å². The molecule has 0 aliphatic carbocycles. The summed E-state index contributed by atoms with van der Waals surface area (Å²) in [7, 11) is 3.71. The average Bonchev–Trinajstić information content (AvgIpc) is 3.37. The second kappa shape index (κ2) is 8.77. The Morgan fingerprint density at radius 2 is 1.26 bits per heavy atom. The SMILES string of the molecule is Cn1c2c(c3ccccc31)C=C(C(=O)N1CCC1)N([O-])C2=C1c2c(c3ccccc3n2C)C=C(C(=O)N2CCC2)[N+]1=O. The smallest absolute Gasteiger partial charge is 0.328 e. The van der Waals surface area contributed by atoms with Crippen molar-refractivity contribution >= 4 is 57.2 Å². The molecule has 10 heteroatoms. The van der Waals surface area contributed by atoms with Gasteiger partial charge in [0.15, 0.2) is 0 Å². The summed E-state index contributed by atoms with van der Waals surface area (Å²) in [6.45, 7) is 2.32. The van der Waals surface area contributed by atoms with Crippen molar-refractivity contribution in [3.63, 3.8) is 0 Å². The molecular weight excluding hydrogens is 532 g/mol. The molecule has 2 fully saturated rings. The van der Waals surface area contributed by atoms with Crippen LogP contribution in [0.1, 0.15) is 35.4 Å². The number of rotatable bonds is 2. The zero-order valence-corrected chi connectivity index (χ0v) is 23.3. The molecule has 0 radical (unpaired) electrons. The van der Waals surface area contributed by atoms with Gasteiger partial charge in [0.05, 0.1) is 16.2 Å². The molecule has 10 nitrogen and oxygen atoms in total. The first kappa shape index (κ1) is 24.8. The number of hydrogen-bond acceptors (Lipinski definition) is 5. The maximum atomic E-state index is 14.5. The zero-order valence-electron chi connectivity index (χ0n) is 23.3. The Balaban J connectivity index is 1.48. The van der Waals surface area contributed by atoms with Crippen LogP contribution in [0.4, 0.5) is 0 Å². The van der Waals surface area contributed by atoms with Crippen LogP contribution in [-0.4, -0.2) is 66.8 Å². The number of nitroso groups, excluding NO2 is 1. The molecule has 0 atom stereocenters. The van der Waals surface area contributed by atoms with Crippen molar-refractivity contribution < 1.29 is 14.3 Å². The lowest BCUT2D eigenvalue weighted by molar-refractivity contribution is -0.393. The number of hydrogen-bond donors (Lipinski definition) is 0. The Labute approximate surface area is 241 Å². The molecule has 0 saturated carbocycles. The highest BCUT2D eigenvalue weighted by molar-refractivity contribution is 6.11. The van der Waals surface area contributed by atoms with E-state index < -0.39 is 0 Å². The number of amides is 2. The molecule has 4 aliphatic heterocycles. The summed E-state index contributed by atoms with van der Waals surface area (Å²) in [6.07, 6.45) is 5.06. The molecule has 2 amide bonds. The molecule has 42 heavy (non-hydrogen) atoms. The fourth-order valence-electron chi connectivity index (χ4n) is 6.61. The minimum absolute atomic E-state index is 0.0417. The number of para-hydroxylation sites is 2. The topological polar surface area (TPSA) is 96.9 Å². The number of carbonyl (C=O) groups excluding carboxylic acids is 2. The maximum Gasteiger partial charge on any atom is 0.328 e. The van der Waals surface area contributed by atoms with Gasteiger partial charge in [0.2, 0.25) is 0 Å². The summed E-state index contributed by atoms with van der Waals surface area (Å²) < 4.78 is 4.40. The van der Waals surface area contributed by atoms with Crippen molar-refractivity contribution in [2.45, 2.75) is 12.8 Å². The molecule has 0 bridgehead atoms. The van der Waals surface area contributed by atoms with Gasteiger partial charge in [-0.3, -0.25) is 9.59 Å². The van der Waals surface area contributed by atoms with Gasteiger partial charge in [0.25, 0.3) is 5.91 Å². The third-order valence-electron chi connectivity index (χ3n) is 9.10. The number of aromatic nitrogens is 2. The molecule has 0 unspecified atom stereocenters. The number of hydroxylamine groups is 2. The Hall–Kier alpha value is -4.96. The molecule has 4 aromatic rings. The molecular formula is C32H28N6O4. The third-order valence-corrected chi connectivity index (χ3v) is 9.10. The fraction of sp³-hybridized carbons (Fsp3) is 0.250. The molecule has 2 saturated heterocycles. The zero-order chi connectivity index (χ0) is 28.9. The molecule has 210 valence electrons. The van der Waals surface area contributed by atoms with Crippen LogP contribution in [0.25, 0.3) is 45.4 Å². The third kappa shape index (κ3) is 3.18. The molecule has 8 rings (SSSR count). The van der Waals surface area contributed by atoms with Crippen molar-refractivity contribution in [3.8, 4) is 0 Å². The number of aryl methyl sites for hydroxylation is 2. The van der Waals surface area contributed by atoms with Crippen LogP contribution >= 0.6 is 0 Å². The standard InChI is InChI=1S/C32H28N6O4/c1-33-23-11-5-3-9-19(23)21-17-25(31(39)35-13-7-14-35)37(41)29(27(21)33)30-28-22(20-10-4-6-12-24(20)34(28)2)18-26(38(30)42)32(40)36-15-8-16-36/h3-6,9-12,17-18H,7-8,13-16H2,1-2H3. The van der Waals surface area contributed by atoms with Gasteiger partial charge in [0, 0.05) is 84.2 Å². The highest BCUT2D eigenvalue weighted by Crippen LogP contribution is 2.47. The number of nitrogens with zero attached hydrogens (tertiary/aromatic N) is 6.